The van der Waals surface area contributed by atoms with Crippen LogP contribution in [0, 0.1) is 0 Å². The van der Waals surface area contributed by atoms with Crippen molar-refractivity contribution in [2.75, 3.05) is 13.9 Å². The molecule has 0 rings (SSSR count). The summed E-state index contributed by atoms with van der Waals surface area (Å²) in [4.78, 5) is 9.90. The first-order valence-electron chi connectivity index (χ1n) is 1.89. The van der Waals surface area contributed by atoms with Gasteiger partial charge in [-0.3, -0.25) is 4.79 Å². The van der Waals surface area contributed by atoms with Crippen LogP contribution in [0.2, 0.25) is 0 Å². The van der Waals surface area contributed by atoms with Crippen LogP contribution in [0.1, 0.15) is 6.92 Å². The summed E-state index contributed by atoms with van der Waals surface area (Å²) in [6, 6.07) is 0. The van der Waals surface area contributed by atoms with Crippen LogP contribution in [-0.2, 0) is 14.3 Å². The summed E-state index contributed by atoms with van der Waals surface area (Å²) >= 11 is 0. The van der Waals surface area contributed by atoms with Crippen molar-refractivity contribution in [3.63, 3.8) is 0 Å². The molecule has 50 valence electrons. The molecule has 0 heterocycles. The molecule has 0 N–H and O–H groups in total. The molecule has 3 nitrogen and oxygen atoms in total. The van der Waals surface area contributed by atoms with E-state index in [2.05, 4.69) is 9.47 Å². The first-order valence-corrected chi connectivity index (χ1v) is 1.89. The highest BCUT2D eigenvalue weighted by Gasteiger charge is 1.85. The number of hydrogen-bond donors (Lipinski definition) is 0. The zero-order valence-corrected chi connectivity index (χ0v) is 5.66. The Kier molecular flexibility index (Phi) is 8.95. The number of carbonyl (C=O) groups excluding carboxylic acids is 1. The minimum absolute atomic E-state index is 0. The third kappa shape index (κ3) is 9.21. The fraction of sp³-hybridized carbons (Fsp3) is 0.750. The zero-order chi connectivity index (χ0) is 5.70. The molecule has 0 saturated carbocycles. The molecule has 0 aliphatic rings. The molecule has 4 heteroatoms. The molecule has 0 aromatic heterocycles. The second-order valence-electron chi connectivity index (χ2n) is 1.04. The van der Waals surface area contributed by atoms with E-state index in [1.807, 2.05) is 0 Å². The predicted molar refractivity (Wildman–Crippen MR) is 30.9 cm³/mol. The molecular weight excluding hydrogens is 131 g/mol. The average Bonchev–Trinajstić information content (AvgIpc) is 1.61. The van der Waals surface area contributed by atoms with Crippen LogP contribution in [0.3, 0.4) is 0 Å². The predicted octanol–water partition coefficient (Wildman–Crippen LogP) is 0.575. The van der Waals surface area contributed by atoms with Crippen molar-refractivity contribution in [2.24, 2.45) is 0 Å². The molecule has 0 saturated heterocycles. The Hall–Kier alpha value is -0.280. The molecule has 0 bridgehead atoms. The van der Waals surface area contributed by atoms with Crippen molar-refractivity contribution >= 4 is 18.4 Å². The minimum Gasteiger partial charge on any atom is -0.439 e. The smallest absolute Gasteiger partial charge is 0.304 e. The van der Waals surface area contributed by atoms with E-state index in [0.717, 1.165) is 0 Å². The molecule has 0 fully saturated rings. The van der Waals surface area contributed by atoms with E-state index >= 15 is 0 Å². The molecule has 0 spiro atoms. The first-order chi connectivity index (χ1) is 3.27. The van der Waals surface area contributed by atoms with Crippen molar-refractivity contribution in [1.82, 2.24) is 0 Å². The second kappa shape index (κ2) is 6.72. The van der Waals surface area contributed by atoms with Crippen LogP contribution in [0.25, 0.3) is 0 Å². The van der Waals surface area contributed by atoms with Gasteiger partial charge in [0.25, 0.3) is 0 Å². The number of esters is 1. The van der Waals surface area contributed by atoms with Crippen LogP contribution in [0.5, 0.6) is 0 Å². The molecule has 0 unspecified atom stereocenters. The molecule has 0 aliphatic heterocycles. The summed E-state index contributed by atoms with van der Waals surface area (Å²) in [5, 5.41) is 0. The largest absolute Gasteiger partial charge is 0.439 e. The summed E-state index contributed by atoms with van der Waals surface area (Å²) in [7, 11) is 1.46. The van der Waals surface area contributed by atoms with Gasteiger partial charge < -0.3 is 9.47 Å². The summed E-state index contributed by atoms with van der Waals surface area (Å²) in [6.45, 7) is 1.38. The zero-order valence-electron chi connectivity index (χ0n) is 4.84. The molecule has 0 atom stereocenters. The quantitative estimate of drug-likeness (QED) is 0.416. The van der Waals surface area contributed by atoms with Crippen LogP contribution >= 0.6 is 12.4 Å². The maximum absolute atomic E-state index is 9.90. The third-order valence-electron chi connectivity index (χ3n) is 0.380. The van der Waals surface area contributed by atoms with Gasteiger partial charge in [-0.15, -0.1) is 12.4 Å². The van der Waals surface area contributed by atoms with Gasteiger partial charge in [0.15, 0.2) is 6.79 Å². The van der Waals surface area contributed by atoms with Crippen LogP contribution in [-0.4, -0.2) is 19.9 Å². The monoisotopic (exact) mass is 140 g/mol. The van der Waals surface area contributed by atoms with E-state index in [1.165, 1.54) is 14.0 Å². The lowest BCUT2D eigenvalue weighted by Crippen LogP contribution is -2.00. The summed E-state index contributed by atoms with van der Waals surface area (Å²) in [5.41, 5.74) is 0. The van der Waals surface area contributed by atoms with E-state index < -0.39 is 0 Å². The van der Waals surface area contributed by atoms with E-state index in [9.17, 15) is 4.79 Å². The van der Waals surface area contributed by atoms with Gasteiger partial charge in [0.2, 0.25) is 0 Å². The Balaban J connectivity index is 0. The van der Waals surface area contributed by atoms with E-state index in [4.69, 9.17) is 0 Å². The van der Waals surface area contributed by atoms with Crippen molar-refractivity contribution in [3.8, 4) is 0 Å². The van der Waals surface area contributed by atoms with Crippen molar-refractivity contribution in [1.29, 1.82) is 0 Å². The van der Waals surface area contributed by atoms with E-state index in [-0.39, 0.29) is 25.2 Å². The van der Waals surface area contributed by atoms with Gasteiger partial charge >= 0.3 is 5.97 Å². The summed E-state index contributed by atoms with van der Waals surface area (Å²) in [5.74, 6) is -0.318. The Morgan fingerprint density at radius 1 is 1.62 bits per heavy atom. The maximum Gasteiger partial charge on any atom is 0.304 e. The third-order valence-corrected chi connectivity index (χ3v) is 0.380. The normalized spacial score (nSPS) is 7.25. The Labute approximate surface area is 54.4 Å². The molecule has 0 aliphatic carbocycles. The maximum atomic E-state index is 9.90. The lowest BCUT2D eigenvalue weighted by molar-refractivity contribution is -0.151. The number of hydrogen-bond acceptors (Lipinski definition) is 3. The highest BCUT2D eigenvalue weighted by Crippen LogP contribution is 1.72. The van der Waals surface area contributed by atoms with Crippen LogP contribution in [0.15, 0.2) is 0 Å². The van der Waals surface area contributed by atoms with Gasteiger partial charge in [0.05, 0.1) is 0 Å². The topological polar surface area (TPSA) is 35.5 Å². The number of carbonyl (C=O) groups is 1. The van der Waals surface area contributed by atoms with Crippen LogP contribution < -0.4 is 0 Å². The summed E-state index contributed by atoms with van der Waals surface area (Å²) < 4.78 is 8.74. The standard InChI is InChI=1S/C4H8O3.ClH/c1-4(5)7-3-6-2;/h3H2,1-2H3;1H. The van der Waals surface area contributed by atoms with Gasteiger partial charge in [-0.1, -0.05) is 0 Å². The molecule has 0 aromatic carbocycles. The number of rotatable bonds is 2. The van der Waals surface area contributed by atoms with Gasteiger partial charge in [-0.2, -0.15) is 0 Å². The van der Waals surface area contributed by atoms with Crippen LogP contribution in [0.4, 0.5) is 0 Å². The minimum atomic E-state index is -0.318. The van der Waals surface area contributed by atoms with Gasteiger partial charge in [0, 0.05) is 14.0 Å². The summed E-state index contributed by atoms with van der Waals surface area (Å²) in [6.07, 6.45) is 0. The molecule has 0 aromatic rings. The first kappa shape index (κ1) is 10.7. The fourth-order valence-electron chi connectivity index (χ4n) is 0.142. The number of halogens is 1. The molecule has 0 radical (unpaired) electrons. The Bertz CT molecular complexity index is 64.3. The van der Waals surface area contributed by atoms with E-state index in [1.54, 1.807) is 0 Å². The Morgan fingerprint density at radius 2 is 2.12 bits per heavy atom. The van der Waals surface area contributed by atoms with Gasteiger partial charge in [-0.05, 0) is 0 Å². The number of ether oxygens (including phenoxy) is 2. The van der Waals surface area contributed by atoms with Gasteiger partial charge in [0.1, 0.15) is 0 Å². The van der Waals surface area contributed by atoms with Crippen molar-refractivity contribution < 1.29 is 14.3 Å². The highest BCUT2D eigenvalue weighted by molar-refractivity contribution is 5.85. The van der Waals surface area contributed by atoms with Crippen molar-refractivity contribution in [2.45, 2.75) is 6.92 Å². The lowest BCUT2D eigenvalue weighted by atomic mass is 10.8. The molecular formula is C4H9ClO3. The van der Waals surface area contributed by atoms with Crippen molar-refractivity contribution in [3.05, 3.63) is 0 Å². The molecule has 8 heavy (non-hydrogen) atoms. The lowest BCUT2D eigenvalue weighted by Gasteiger charge is -1.95. The highest BCUT2D eigenvalue weighted by atomic mass is 35.5. The average molecular weight is 141 g/mol. The fourth-order valence-corrected chi connectivity index (χ4v) is 0.142. The van der Waals surface area contributed by atoms with Gasteiger partial charge in [-0.25, -0.2) is 0 Å². The Morgan fingerprint density at radius 3 is 2.25 bits per heavy atom. The number of methoxy groups -OCH3 is 1. The second-order valence-corrected chi connectivity index (χ2v) is 1.04. The SMILES string of the molecule is COCOC(C)=O.Cl. The van der Waals surface area contributed by atoms with E-state index in [0.29, 0.717) is 0 Å². The molecule has 0 amide bonds.